The monoisotopic (exact) mass is 789 g/mol. The van der Waals surface area contributed by atoms with Crippen LogP contribution in [0.3, 0.4) is 0 Å². The number of carbonyl (C=O) groups excluding carboxylic acids is 4. The molecule has 2 saturated heterocycles. The summed E-state index contributed by atoms with van der Waals surface area (Å²) in [6, 6.07) is -1.18. The lowest BCUT2D eigenvalue weighted by Crippen LogP contribution is -2.64. The van der Waals surface area contributed by atoms with Crippen molar-refractivity contribution in [3.05, 3.63) is 36.0 Å². The van der Waals surface area contributed by atoms with Crippen LogP contribution in [0, 0.1) is 29.6 Å². The lowest BCUT2D eigenvalue weighted by Gasteiger charge is -2.47. The van der Waals surface area contributed by atoms with Crippen LogP contribution in [-0.4, -0.2) is 124 Å². The number of piperidine rings is 1. The number of fused-ring (bicyclic) bond motifs is 3. The second-order valence-electron chi connectivity index (χ2n) is 17.1. The summed E-state index contributed by atoms with van der Waals surface area (Å²) in [5.74, 6) is -8.05. The summed E-state index contributed by atoms with van der Waals surface area (Å²) in [5, 5.41) is 43.9. The van der Waals surface area contributed by atoms with Crippen LogP contribution in [-0.2, 0) is 38.1 Å². The number of cyclic esters (lactones) is 1. The number of ether oxygens (including phenoxy) is 4. The molecule has 2 bridgehead atoms. The predicted octanol–water partition coefficient (Wildman–Crippen LogP) is 3.98. The molecule has 56 heavy (non-hydrogen) atoms. The van der Waals surface area contributed by atoms with Gasteiger partial charge in [-0.15, -0.1) is 6.58 Å². The molecule has 1 aliphatic carbocycles. The van der Waals surface area contributed by atoms with Gasteiger partial charge in [0.15, 0.2) is 0 Å². The molecular formula is C43H67NO12. The standard InChI is InChI=1S/C43H67NO12/c1-9-12-30-18-24(2)17-25(3)19-36(53-7)39-37(54-8)21-27(5)43(52,56-39)40(49)41(50)44-16-11-10-13-31(44)42(51)55-35(23-33(30)46)28(6)38(48)26(4)20-29-14-15-32(45)34(47)22-29/h9,18,20,25,27-32,34-39,45,47-48,52H,1,10-17,19,21-23H2,2-8H3. The SMILES string of the molecule is C=CCC1C=C(C)CC(C)CC(OC)C2OC(O)(C(=O)C(=O)N3CCCCC3C(=O)OC(C(C)C(O)C(C)=CC3CCC(O)C(O)C3)CC1=O)C(C)CC2OC. The number of rotatable bonds is 8. The molecule has 3 fully saturated rings. The van der Waals surface area contributed by atoms with E-state index in [1.54, 1.807) is 26.8 Å². The van der Waals surface area contributed by atoms with E-state index in [2.05, 4.69) is 6.58 Å². The van der Waals surface area contributed by atoms with Crippen LogP contribution in [0.25, 0.3) is 0 Å². The van der Waals surface area contributed by atoms with E-state index in [1.807, 2.05) is 26.0 Å². The molecule has 0 aromatic heterocycles. The molecule has 1 saturated carbocycles. The van der Waals surface area contributed by atoms with Gasteiger partial charge in [0.05, 0.1) is 30.5 Å². The molecule has 13 nitrogen and oxygen atoms in total. The normalized spacial score (nSPS) is 38.6. The summed E-state index contributed by atoms with van der Waals surface area (Å²) in [4.78, 5) is 57.8. The molecule has 3 heterocycles. The first-order valence-corrected chi connectivity index (χ1v) is 20.5. The first-order chi connectivity index (χ1) is 26.4. The summed E-state index contributed by atoms with van der Waals surface area (Å²) in [7, 11) is 3.05. The third-order valence-corrected chi connectivity index (χ3v) is 12.6. The highest BCUT2D eigenvalue weighted by molar-refractivity contribution is 6.39. The van der Waals surface area contributed by atoms with E-state index in [1.165, 1.54) is 14.2 Å². The van der Waals surface area contributed by atoms with Gasteiger partial charge in [0.1, 0.15) is 24.0 Å². The number of allylic oxidation sites excluding steroid dienone is 4. The lowest BCUT2D eigenvalue weighted by atomic mass is 9.81. The average Bonchev–Trinajstić information content (AvgIpc) is 3.17. The van der Waals surface area contributed by atoms with Gasteiger partial charge in [-0.1, -0.05) is 44.6 Å². The predicted molar refractivity (Wildman–Crippen MR) is 208 cm³/mol. The van der Waals surface area contributed by atoms with Crippen molar-refractivity contribution in [1.29, 1.82) is 0 Å². The van der Waals surface area contributed by atoms with E-state index in [9.17, 15) is 39.6 Å². The van der Waals surface area contributed by atoms with Crippen molar-refractivity contribution in [2.45, 2.75) is 160 Å². The topological polar surface area (TPSA) is 189 Å². The first-order valence-electron chi connectivity index (χ1n) is 20.5. The third kappa shape index (κ3) is 10.8. The summed E-state index contributed by atoms with van der Waals surface area (Å²) >= 11 is 0. The molecule has 3 aliphatic heterocycles. The molecule has 0 spiro atoms. The molecule has 0 radical (unpaired) electrons. The van der Waals surface area contributed by atoms with Crippen LogP contribution in [0.1, 0.15) is 105 Å². The number of Topliss-reactive ketones (excluding diaryl/α,β-unsaturated/α-hetero) is 2. The minimum Gasteiger partial charge on any atom is -0.460 e. The van der Waals surface area contributed by atoms with Crippen LogP contribution in [0.5, 0.6) is 0 Å². The molecule has 13 heteroatoms. The van der Waals surface area contributed by atoms with Crippen LogP contribution in [0.4, 0.5) is 0 Å². The van der Waals surface area contributed by atoms with Gasteiger partial charge >= 0.3 is 5.97 Å². The molecule has 0 aromatic carbocycles. The van der Waals surface area contributed by atoms with Crippen LogP contribution in [0.2, 0.25) is 0 Å². The van der Waals surface area contributed by atoms with Crippen molar-refractivity contribution in [2.24, 2.45) is 29.6 Å². The van der Waals surface area contributed by atoms with E-state index in [-0.39, 0.29) is 43.4 Å². The zero-order valence-electron chi connectivity index (χ0n) is 34.4. The fourth-order valence-electron chi connectivity index (χ4n) is 9.16. The van der Waals surface area contributed by atoms with Gasteiger partial charge in [0, 0.05) is 44.9 Å². The fraction of sp³-hybridized carbons (Fsp3) is 0.767. The minimum absolute atomic E-state index is 0.00457. The Hall–Kier alpha value is -2.78. The van der Waals surface area contributed by atoms with Crippen molar-refractivity contribution in [1.82, 2.24) is 4.90 Å². The number of methoxy groups -OCH3 is 2. The van der Waals surface area contributed by atoms with Gasteiger partial charge in [-0.05, 0) is 95.5 Å². The van der Waals surface area contributed by atoms with Crippen LogP contribution < -0.4 is 0 Å². The van der Waals surface area contributed by atoms with Gasteiger partial charge in [-0.25, -0.2) is 4.79 Å². The zero-order valence-corrected chi connectivity index (χ0v) is 34.4. The minimum atomic E-state index is -2.51. The van der Waals surface area contributed by atoms with Crippen molar-refractivity contribution in [3.63, 3.8) is 0 Å². The van der Waals surface area contributed by atoms with E-state index < -0.39 is 90.0 Å². The molecule has 4 N–H and O–H groups in total. The highest BCUT2D eigenvalue weighted by Gasteiger charge is 2.56. The Morgan fingerprint density at radius 1 is 1.02 bits per heavy atom. The molecule has 4 aliphatic rings. The van der Waals surface area contributed by atoms with E-state index in [0.29, 0.717) is 56.9 Å². The van der Waals surface area contributed by atoms with E-state index in [0.717, 1.165) is 10.5 Å². The summed E-state index contributed by atoms with van der Waals surface area (Å²) in [6.45, 7) is 13.0. The maximum Gasteiger partial charge on any atom is 0.329 e. The molecule has 316 valence electrons. The summed E-state index contributed by atoms with van der Waals surface area (Å²) in [6.07, 6.45) is 3.54. The summed E-state index contributed by atoms with van der Waals surface area (Å²) < 4.78 is 24.0. The number of aliphatic hydroxyl groups excluding tert-OH is 3. The van der Waals surface area contributed by atoms with Crippen molar-refractivity contribution >= 4 is 23.4 Å². The fourth-order valence-corrected chi connectivity index (χ4v) is 9.16. The molecule has 4 rings (SSSR count). The lowest BCUT2D eigenvalue weighted by molar-refractivity contribution is -0.302. The van der Waals surface area contributed by atoms with Crippen molar-refractivity contribution in [3.8, 4) is 0 Å². The van der Waals surface area contributed by atoms with E-state index >= 15 is 0 Å². The Morgan fingerprint density at radius 3 is 2.34 bits per heavy atom. The number of hydrogen-bond acceptors (Lipinski definition) is 12. The Labute approximate surface area is 332 Å². The Balaban J connectivity index is 1.74. The second kappa shape index (κ2) is 20.3. The molecule has 14 unspecified atom stereocenters. The number of ketones is 2. The third-order valence-electron chi connectivity index (χ3n) is 12.6. The Bertz CT molecular complexity index is 1460. The molecular weight excluding hydrogens is 722 g/mol. The molecule has 14 atom stereocenters. The smallest absolute Gasteiger partial charge is 0.329 e. The number of hydrogen-bond donors (Lipinski definition) is 4. The highest BCUT2D eigenvalue weighted by atomic mass is 16.7. The Morgan fingerprint density at radius 2 is 1.70 bits per heavy atom. The van der Waals surface area contributed by atoms with Gasteiger partial charge in [-0.2, -0.15) is 0 Å². The Kier molecular flexibility index (Phi) is 16.6. The number of nitrogens with zero attached hydrogens (tertiary/aromatic N) is 1. The highest BCUT2D eigenvalue weighted by Crippen LogP contribution is 2.39. The van der Waals surface area contributed by atoms with Gasteiger partial charge < -0.3 is 44.3 Å². The second-order valence-corrected chi connectivity index (χ2v) is 17.1. The number of amides is 1. The van der Waals surface area contributed by atoms with Crippen molar-refractivity contribution < 1.29 is 58.6 Å². The maximum absolute atomic E-state index is 14.2. The molecule has 1 amide bonds. The number of carbonyl (C=O) groups is 4. The number of aliphatic hydroxyl groups is 4. The van der Waals surface area contributed by atoms with Crippen LogP contribution in [0.15, 0.2) is 36.0 Å². The quantitative estimate of drug-likeness (QED) is 0.158. The first kappa shape index (κ1) is 45.9. The zero-order chi connectivity index (χ0) is 41.5. The van der Waals surface area contributed by atoms with Gasteiger partial charge in [-0.3, -0.25) is 14.4 Å². The molecule has 0 aromatic rings. The van der Waals surface area contributed by atoms with Crippen LogP contribution >= 0.6 is 0 Å². The average molecular weight is 790 g/mol. The maximum atomic E-state index is 14.2. The summed E-state index contributed by atoms with van der Waals surface area (Å²) in [5.41, 5.74) is 1.53. The van der Waals surface area contributed by atoms with E-state index in [4.69, 9.17) is 18.9 Å². The van der Waals surface area contributed by atoms with Crippen molar-refractivity contribution in [2.75, 3.05) is 20.8 Å². The largest absolute Gasteiger partial charge is 0.460 e. The van der Waals surface area contributed by atoms with Gasteiger partial charge in [0.25, 0.3) is 11.7 Å². The number of esters is 1. The van der Waals surface area contributed by atoms with Gasteiger partial charge in [0.2, 0.25) is 5.79 Å².